The molecule has 19 heavy (non-hydrogen) atoms. The zero-order valence-corrected chi connectivity index (χ0v) is 12.4. The molecule has 1 heterocycles. The van der Waals surface area contributed by atoms with Crippen molar-refractivity contribution < 1.29 is 19.1 Å². The van der Waals surface area contributed by atoms with Gasteiger partial charge in [-0.3, -0.25) is 9.59 Å². The molecule has 5 heteroatoms. The first-order valence-corrected chi connectivity index (χ1v) is 6.92. The van der Waals surface area contributed by atoms with E-state index in [1.807, 2.05) is 20.8 Å². The molecule has 1 aliphatic rings. The topological polar surface area (TPSA) is 55.8 Å². The van der Waals surface area contributed by atoms with Gasteiger partial charge in [-0.05, 0) is 40.5 Å². The normalized spacial score (nSPS) is 20.2. The third-order valence-electron chi connectivity index (χ3n) is 3.02. The van der Waals surface area contributed by atoms with Crippen molar-refractivity contribution in [3.05, 3.63) is 0 Å². The molecule has 0 aliphatic carbocycles. The Labute approximate surface area is 115 Å². The van der Waals surface area contributed by atoms with Crippen LogP contribution in [-0.2, 0) is 19.1 Å². The third kappa shape index (κ3) is 5.59. The molecule has 0 aromatic heterocycles. The van der Waals surface area contributed by atoms with Gasteiger partial charge in [0.2, 0.25) is 5.91 Å². The predicted octanol–water partition coefficient (Wildman–Crippen LogP) is 1.60. The molecule has 1 aliphatic heterocycles. The lowest BCUT2D eigenvalue weighted by molar-refractivity contribution is -0.153. The van der Waals surface area contributed by atoms with E-state index in [1.165, 1.54) is 0 Å². The van der Waals surface area contributed by atoms with Gasteiger partial charge in [0.1, 0.15) is 6.61 Å². The fraction of sp³-hybridized carbons (Fsp3) is 0.857. The largest absolute Gasteiger partial charge is 0.466 e. The average Bonchev–Trinajstić information content (AvgIpc) is 2.35. The fourth-order valence-corrected chi connectivity index (χ4v) is 2.03. The number of nitrogens with zero attached hydrogens (tertiary/aromatic N) is 1. The number of ether oxygens (including phenoxy) is 2. The van der Waals surface area contributed by atoms with Crippen LogP contribution >= 0.6 is 0 Å². The molecule has 0 spiro atoms. The van der Waals surface area contributed by atoms with Crippen molar-refractivity contribution in [1.29, 1.82) is 0 Å². The van der Waals surface area contributed by atoms with Gasteiger partial charge in [0.05, 0.1) is 18.1 Å². The summed E-state index contributed by atoms with van der Waals surface area (Å²) in [6.45, 7) is 9.14. The Kier molecular flexibility index (Phi) is 5.79. The van der Waals surface area contributed by atoms with Crippen molar-refractivity contribution in [2.24, 2.45) is 5.92 Å². The molecule has 1 rings (SSSR count). The van der Waals surface area contributed by atoms with Gasteiger partial charge in [0, 0.05) is 13.1 Å². The number of amides is 1. The highest BCUT2D eigenvalue weighted by molar-refractivity contribution is 5.79. The van der Waals surface area contributed by atoms with E-state index in [0.717, 1.165) is 12.8 Å². The number of rotatable bonds is 4. The molecular formula is C14H25NO4. The molecule has 0 N–H and O–H groups in total. The van der Waals surface area contributed by atoms with Crippen molar-refractivity contribution in [3.63, 3.8) is 0 Å². The van der Waals surface area contributed by atoms with Crippen LogP contribution in [0.4, 0.5) is 0 Å². The van der Waals surface area contributed by atoms with Crippen LogP contribution in [0.2, 0.25) is 0 Å². The number of piperidine rings is 1. The maximum atomic E-state index is 12.0. The first-order chi connectivity index (χ1) is 8.83. The zero-order chi connectivity index (χ0) is 14.5. The summed E-state index contributed by atoms with van der Waals surface area (Å²) in [7, 11) is 0. The number of hydrogen-bond acceptors (Lipinski definition) is 4. The van der Waals surface area contributed by atoms with Crippen LogP contribution in [0.25, 0.3) is 0 Å². The minimum absolute atomic E-state index is 0.0519. The van der Waals surface area contributed by atoms with Gasteiger partial charge >= 0.3 is 5.97 Å². The van der Waals surface area contributed by atoms with Gasteiger partial charge in [-0.25, -0.2) is 0 Å². The Morgan fingerprint density at radius 1 is 1.32 bits per heavy atom. The Bertz CT molecular complexity index is 322. The van der Waals surface area contributed by atoms with E-state index in [9.17, 15) is 9.59 Å². The highest BCUT2D eigenvalue weighted by Crippen LogP contribution is 2.18. The van der Waals surface area contributed by atoms with E-state index in [2.05, 4.69) is 0 Å². The summed E-state index contributed by atoms with van der Waals surface area (Å²) >= 11 is 0. The van der Waals surface area contributed by atoms with Gasteiger partial charge in [-0.15, -0.1) is 0 Å². The maximum Gasteiger partial charge on any atom is 0.310 e. The standard InChI is InChI=1S/C14H25NO4/c1-5-18-13(17)11-7-6-8-15(9-11)12(16)10-19-14(2,3)4/h11H,5-10H2,1-4H3/t11-/m1/s1. The first kappa shape index (κ1) is 16.0. The highest BCUT2D eigenvalue weighted by Gasteiger charge is 2.29. The van der Waals surface area contributed by atoms with E-state index in [4.69, 9.17) is 9.47 Å². The monoisotopic (exact) mass is 271 g/mol. The average molecular weight is 271 g/mol. The molecule has 0 bridgehead atoms. The number of hydrogen-bond donors (Lipinski definition) is 0. The van der Waals surface area contributed by atoms with E-state index >= 15 is 0 Å². The molecular weight excluding hydrogens is 246 g/mol. The second-order valence-electron chi connectivity index (χ2n) is 5.83. The lowest BCUT2D eigenvalue weighted by atomic mass is 9.98. The lowest BCUT2D eigenvalue weighted by Gasteiger charge is -2.32. The molecule has 1 saturated heterocycles. The summed E-state index contributed by atoms with van der Waals surface area (Å²) in [5.74, 6) is -0.437. The van der Waals surface area contributed by atoms with Crippen LogP contribution in [0.15, 0.2) is 0 Å². The predicted molar refractivity (Wildman–Crippen MR) is 71.6 cm³/mol. The smallest absolute Gasteiger partial charge is 0.310 e. The Morgan fingerprint density at radius 2 is 2.00 bits per heavy atom. The summed E-state index contributed by atoms with van der Waals surface area (Å²) in [6.07, 6.45) is 1.63. The molecule has 1 amide bonds. The molecule has 0 aromatic rings. The highest BCUT2D eigenvalue weighted by atomic mass is 16.5. The van der Waals surface area contributed by atoms with Gasteiger partial charge in [-0.1, -0.05) is 0 Å². The lowest BCUT2D eigenvalue weighted by Crippen LogP contribution is -2.45. The quantitative estimate of drug-likeness (QED) is 0.729. The van der Waals surface area contributed by atoms with E-state index in [-0.39, 0.29) is 30.0 Å². The Morgan fingerprint density at radius 3 is 2.58 bits per heavy atom. The summed E-state index contributed by atoms with van der Waals surface area (Å²) in [6, 6.07) is 0. The van der Waals surface area contributed by atoms with Crippen LogP contribution in [0.5, 0.6) is 0 Å². The van der Waals surface area contributed by atoms with Crippen molar-refractivity contribution in [1.82, 2.24) is 4.90 Å². The minimum atomic E-state index is -0.327. The summed E-state index contributed by atoms with van der Waals surface area (Å²) in [5.41, 5.74) is -0.327. The summed E-state index contributed by atoms with van der Waals surface area (Å²) in [4.78, 5) is 25.4. The summed E-state index contributed by atoms with van der Waals surface area (Å²) in [5, 5.41) is 0. The van der Waals surface area contributed by atoms with Crippen molar-refractivity contribution in [3.8, 4) is 0 Å². The third-order valence-corrected chi connectivity index (χ3v) is 3.02. The molecule has 110 valence electrons. The van der Waals surface area contributed by atoms with Gasteiger partial charge in [-0.2, -0.15) is 0 Å². The first-order valence-electron chi connectivity index (χ1n) is 6.92. The van der Waals surface area contributed by atoms with Gasteiger partial charge in [0.15, 0.2) is 0 Å². The van der Waals surface area contributed by atoms with Gasteiger partial charge < -0.3 is 14.4 Å². The van der Waals surface area contributed by atoms with Crippen LogP contribution in [0.3, 0.4) is 0 Å². The molecule has 5 nitrogen and oxygen atoms in total. The molecule has 1 atom stereocenters. The van der Waals surface area contributed by atoms with Gasteiger partial charge in [0.25, 0.3) is 0 Å². The number of likely N-dealkylation sites (tertiary alicyclic amines) is 1. The Hall–Kier alpha value is -1.10. The SMILES string of the molecule is CCOC(=O)[C@@H]1CCCN(C(=O)COC(C)(C)C)C1. The van der Waals surface area contributed by atoms with Crippen LogP contribution < -0.4 is 0 Å². The van der Waals surface area contributed by atoms with Crippen LogP contribution in [-0.4, -0.2) is 48.7 Å². The fourth-order valence-electron chi connectivity index (χ4n) is 2.03. The molecule has 0 radical (unpaired) electrons. The number of esters is 1. The van der Waals surface area contributed by atoms with Crippen molar-refractivity contribution in [2.45, 2.75) is 46.1 Å². The van der Waals surface area contributed by atoms with E-state index in [1.54, 1.807) is 11.8 Å². The number of carbonyl (C=O) groups is 2. The van der Waals surface area contributed by atoms with Crippen molar-refractivity contribution in [2.75, 3.05) is 26.3 Å². The maximum absolute atomic E-state index is 12.0. The van der Waals surface area contributed by atoms with Crippen LogP contribution in [0.1, 0.15) is 40.5 Å². The Balaban J connectivity index is 2.45. The minimum Gasteiger partial charge on any atom is -0.466 e. The second-order valence-corrected chi connectivity index (χ2v) is 5.83. The van der Waals surface area contributed by atoms with Crippen LogP contribution in [0, 0.1) is 5.92 Å². The van der Waals surface area contributed by atoms with E-state index in [0.29, 0.717) is 19.7 Å². The molecule has 0 aromatic carbocycles. The summed E-state index contributed by atoms with van der Waals surface area (Å²) < 4.78 is 10.5. The molecule has 0 saturated carbocycles. The van der Waals surface area contributed by atoms with Crippen molar-refractivity contribution >= 4 is 11.9 Å². The number of carbonyl (C=O) groups excluding carboxylic acids is 2. The zero-order valence-electron chi connectivity index (χ0n) is 12.4. The molecule has 1 fully saturated rings. The molecule has 0 unspecified atom stereocenters. The second kappa shape index (κ2) is 6.89. The van der Waals surface area contributed by atoms with E-state index < -0.39 is 0 Å².